The Morgan fingerprint density at radius 3 is 2.43 bits per heavy atom. The Bertz CT molecular complexity index is 1020. The lowest BCUT2D eigenvalue weighted by atomic mass is 10.2. The van der Waals surface area contributed by atoms with Gasteiger partial charge in [0, 0.05) is 17.6 Å². The van der Waals surface area contributed by atoms with Gasteiger partial charge in [-0.3, -0.25) is 4.79 Å². The Hall–Kier alpha value is -2.28. The van der Waals surface area contributed by atoms with Crippen LogP contribution in [0.15, 0.2) is 42.5 Å². The molecule has 1 aromatic heterocycles. The summed E-state index contributed by atoms with van der Waals surface area (Å²) in [4.78, 5) is 26.7. The minimum Gasteiger partial charge on any atom is -0.495 e. The average Bonchev–Trinajstić information content (AvgIpc) is 3.05. The van der Waals surface area contributed by atoms with E-state index >= 15 is 0 Å². The van der Waals surface area contributed by atoms with Gasteiger partial charge in [-0.1, -0.05) is 41.4 Å². The highest BCUT2D eigenvalue weighted by atomic mass is 35.5. The first-order valence-electron chi connectivity index (χ1n) is 8.45. The minimum atomic E-state index is -0.668. The second-order valence-corrected chi connectivity index (χ2v) is 7.53. The predicted molar refractivity (Wildman–Crippen MR) is 113 cm³/mol. The molecule has 0 fully saturated rings. The van der Waals surface area contributed by atoms with Gasteiger partial charge >= 0.3 is 5.97 Å². The molecule has 5 nitrogen and oxygen atoms in total. The number of thiophene rings is 1. The van der Waals surface area contributed by atoms with Gasteiger partial charge in [0.05, 0.1) is 16.8 Å². The number of ether oxygens (including phenoxy) is 2. The van der Waals surface area contributed by atoms with E-state index in [1.807, 2.05) is 37.3 Å². The summed E-state index contributed by atoms with van der Waals surface area (Å²) in [7, 11) is 1.51. The van der Waals surface area contributed by atoms with E-state index in [4.69, 9.17) is 32.7 Å². The zero-order valence-corrected chi connectivity index (χ0v) is 17.5. The zero-order chi connectivity index (χ0) is 20.3. The summed E-state index contributed by atoms with van der Waals surface area (Å²) in [6.45, 7) is 1.92. The number of methoxy groups -OCH3 is 1. The molecule has 0 radical (unpaired) electrons. The van der Waals surface area contributed by atoms with Crippen LogP contribution >= 0.6 is 34.5 Å². The van der Waals surface area contributed by atoms with E-state index in [9.17, 15) is 9.59 Å². The first-order chi connectivity index (χ1) is 13.5. The van der Waals surface area contributed by atoms with E-state index in [-0.39, 0.29) is 22.4 Å². The lowest BCUT2D eigenvalue weighted by molar-refractivity contribution is -0.121. The van der Waals surface area contributed by atoms with Crippen molar-refractivity contribution in [3.63, 3.8) is 0 Å². The van der Waals surface area contributed by atoms with Crippen molar-refractivity contribution in [2.24, 2.45) is 0 Å². The second kappa shape index (κ2) is 8.82. The standard InChI is InChI=1S/C20H17Cl2NO4S/c1-3-23(12-7-5-4-6-8-12)15(24)11-27-20(25)19-16(21)13-9-10-14(26-2)17(22)18(13)28-19/h4-10H,3,11H2,1-2H3. The number of para-hydroxylation sites is 1. The highest BCUT2D eigenvalue weighted by Gasteiger charge is 2.23. The fraction of sp³-hybridized carbons (Fsp3) is 0.200. The average molecular weight is 438 g/mol. The van der Waals surface area contributed by atoms with Gasteiger partial charge in [-0.2, -0.15) is 0 Å². The Labute approximate surface area is 176 Å². The van der Waals surface area contributed by atoms with Crippen molar-refractivity contribution in [1.82, 2.24) is 0 Å². The van der Waals surface area contributed by atoms with Crippen LogP contribution in [0.4, 0.5) is 5.69 Å². The molecule has 0 atom stereocenters. The molecule has 3 rings (SSSR count). The number of hydrogen-bond acceptors (Lipinski definition) is 5. The molecule has 8 heteroatoms. The molecule has 28 heavy (non-hydrogen) atoms. The van der Waals surface area contributed by atoms with E-state index in [2.05, 4.69) is 0 Å². The number of benzene rings is 2. The summed E-state index contributed by atoms with van der Waals surface area (Å²) in [5.41, 5.74) is 0.741. The van der Waals surface area contributed by atoms with E-state index in [0.29, 0.717) is 27.4 Å². The first kappa shape index (κ1) is 20.5. The maximum atomic E-state index is 12.5. The largest absolute Gasteiger partial charge is 0.495 e. The van der Waals surface area contributed by atoms with Crippen molar-refractivity contribution in [2.75, 3.05) is 25.2 Å². The fourth-order valence-electron chi connectivity index (χ4n) is 2.75. The lowest BCUT2D eigenvalue weighted by Crippen LogP contribution is -2.34. The normalized spacial score (nSPS) is 10.7. The molecule has 0 aliphatic carbocycles. The molecule has 1 heterocycles. The molecule has 0 saturated heterocycles. The monoisotopic (exact) mass is 437 g/mol. The van der Waals surface area contributed by atoms with Gasteiger partial charge in [0.2, 0.25) is 0 Å². The smallest absolute Gasteiger partial charge is 0.350 e. The molecule has 0 N–H and O–H groups in total. The topological polar surface area (TPSA) is 55.8 Å². The number of rotatable bonds is 6. The number of anilines is 1. The van der Waals surface area contributed by atoms with E-state index in [0.717, 1.165) is 17.0 Å². The van der Waals surface area contributed by atoms with Crippen molar-refractivity contribution in [3.8, 4) is 5.75 Å². The third-order valence-electron chi connectivity index (χ3n) is 4.12. The van der Waals surface area contributed by atoms with Gasteiger partial charge in [0.25, 0.3) is 5.91 Å². The third-order valence-corrected chi connectivity index (χ3v) is 6.31. The number of hydrogen-bond donors (Lipinski definition) is 0. The van der Waals surface area contributed by atoms with Crippen molar-refractivity contribution < 1.29 is 19.1 Å². The van der Waals surface area contributed by atoms with Crippen LogP contribution in [0.5, 0.6) is 5.75 Å². The Morgan fingerprint density at radius 2 is 1.79 bits per heavy atom. The van der Waals surface area contributed by atoms with Crippen molar-refractivity contribution >= 4 is 62.2 Å². The highest BCUT2D eigenvalue weighted by Crippen LogP contribution is 2.43. The fourth-order valence-corrected chi connectivity index (χ4v) is 4.53. The molecule has 0 unspecified atom stereocenters. The zero-order valence-electron chi connectivity index (χ0n) is 15.2. The summed E-state index contributed by atoms with van der Waals surface area (Å²) >= 11 is 13.7. The van der Waals surface area contributed by atoms with Crippen LogP contribution < -0.4 is 9.64 Å². The molecular formula is C20H17Cl2NO4S. The van der Waals surface area contributed by atoms with E-state index in [1.165, 1.54) is 7.11 Å². The molecular weight excluding hydrogens is 421 g/mol. The quantitative estimate of drug-likeness (QED) is 0.482. The number of halogens is 2. The predicted octanol–water partition coefficient (Wildman–Crippen LogP) is 5.43. The molecule has 0 saturated carbocycles. The van der Waals surface area contributed by atoms with Crippen LogP contribution in [-0.2, 0) is 9.53 Å². The molecule has 2 aromatic carbocycles. The summed E-state index contributed by atoms with van der Waals surface area (Å²) in [5, 5.41) is 1.26. The van der Waals surface area contributed by atoms with Gasteiger partial charge in [-0.25, -0.2) is 4.79 Å². The number of carbonyl (C=O) groups excluding carboxylic acids is 2. The molecule has 0 aliphatic rings. The van der Waals surface area contributed by atoms with Crippen LogP contribution in [-0.4, -0.2) is 32.1 Å². The van der Waals surface area contributed by atoms with Crippen LogP contribution in [0.3, 0.4) is 0 Å². The third kappa shape index (κ3) is 3.94. The molecule has 146 valence electrons. The highest BCUT2D eigenvalue weighted by molar-refractivity contribution is 7.22. The molecule has 3 aromatic rings. The molecule has 0 aliphatic heterocycles. The number of amides is 1. The van der Waals surface area contributed by atoms with E-state index in [1.54, 1.807) is 17.0 Å². The Balaban J connectivity index is 1.77. The van der Waals surface area contributed by atoms with Crippen LogP contribution in [0.1, 0.15) is 16.6 Å². The van der Waals surface area contributed by atoms with Gasteiger partial charge in [0.1, 0.15) is 15.6 Å². The van der Waals surface area contributed by atoms with Crippen LogP contribution in [0.2, 0.25) is 10.0 Å². The Kier molecular flexibility index (Phi) is 6.44. The van der Waals surface area contributed by atoms with Crippen molar-refractivity contribution in [3.05, 3.63) is 57.4 Å². The summed E-state index contributed by atoms with van der Waals surface area (Å²) in [5.74, 6) is -0.499. The summed E-state index contributed by atoms with van der Waals surface area (Å²) in [6, 6.07) is 12.6. The number of carbonyl (C=O) groups is 2. The van der Waals surface area contributed by atoms with Gasteiger partial charge in [-0.15, -0.1) is 11.3 Å². The summed E-state index contributed by atoms with van der Waals surface area (Å²) < 4.78 is 11.0. The maximum absolute atomic E-state index is 12.5. The van der Waals surface area contributed by atoms with Crippen molar-refractivity contribution in [1.29, 1.82) is 0 Å². The molecule has 1 amide bonds. The number of likely N-dealkylation sites (N-methyl/N-ethyl adjacent to an activating group) is 1. The summed E-state index contributed by atoms with van der Waals surface area (Å²) in [6.07, 6.45) is 0. The van der Waals surface area contributed by atoms with Gasteiger partial charge < -0.3 is 14.4 Å². The number of fused-ring (bicyclic) bond motifs is 1. The maximum Gasteiger partial charge on any atom is 0.350 e. The van der Waals surface area contributed by atoms with Gasteiger partial charge in [-0.05, 0) is 31.2 Å². The second-order valence-electron chi connectivity index (χ2n) is 5.75. The SMILES string of the molecule is CCN(C(=O)COC(=O)c1sc2c(Cl)c(OC)ccc2c1Cl)c1ccccc1. The van der Waals surface area contributed by atoms with E-state index < -0.39 is 5.97 Å². The molecule has 0 bridgehead atoms. The lowest BCUT2D eigenvalue weighted by Gasteiger charge is -2.20. The minimum absolute atomic E-state index is 0.197. The van der Waals surface area contributed by atoms with Crippen LogP contribution in [0.25, 0.3) is 10.1 Å². The first-order valence-corrected chi connectivity index (χ1v) is 10.0. The number of esters is 1. The van der Waals surface area contributed by atoms with Crippen LogP contribution in [0, 0.1) is 0 Å². The number of nitrogens with zero attached hydrogens (tertiary/aromatic N) is 1. The van der Waals surface area contributed by atoms with Gasteiger partial charge in [0.15, 0.2) is 6.61 Å². The molecule has 0 spiro atoms. The Morgan fingerprint density at radius 1 is 1.07 bits per heavy atom. The van der Waals surface area contributed by atoms with Crippen molar-refractivity contribution in [2.45, 2.75) is 6.92 Å².